The molecule has 0 aromatic rings. The number of hydrogen-bond acceptors (Lipinski definition) is 2. The Morgan fingerprint density at radius 1 is 1.20 bits per heavy atom. The Labute approximate surface area is 94.4 Å². The second kappa shape index (κ2) is 4.06. The maximum atomic E-state index is 3.64. The molecule has 0 aromatic heterocycles. The second-order valence-corrected chi connectivity index (χ2v) is 6.01. The first kappa shape index (κ1) is 11.4. The standard InChI is InChI=1S/C13H26N2/c1-4-5-12(2,3)15-10-7-13(8-11-15)6-9-14-13/h14H,4-11H2,1-3H3. The summed E-state index contributed by atoms with van der Waals surface area (Å²) in [6.07, 6.45) is 6.76. The number of nitrogens with zero attached hydrogens (tertiary/aromatic N) is 1. The molecular formula is C13H26N2. The fourth-order valence-corrected chi connectivity index (χ4v) is 3.22. The molecule has 2 aliphatic rings. The molecule has 88 valence electrons. The van der Waals surface area contributed by atoms with Gasteiger partial charge in [0.2, 0.25) is 0 Å². The van der Waals surface area contributed by atoms with E-state index in [1.807, 2.05) is 0 Å². The lowest BCUT2D eigenvalue weighted by Crippen LogP contribution is -2.63. The zero-order valence-corrected chi connectivity index (χ0v) is 10.6. The molecule has 2 saturated heterocycles. The third kappa shape index (κ3) is 2.21. The minimum atomic E-state index is 0.417. The van der Waals surface area contributed by atoms with Crippen molar-refractivity contribution in [2.45, 2.75) is 64.0 Å². The number of likely N-dealkylation sites (tertiary alicyclic amines) is 1. The maximum Gasteiger partial charge on any atom is 0.0217 e. The number of hydrogen-bond donors (Lipinski definition) is 1. The van der Waals surface area contributed by atoms with Crippen molar-refractivity contribution < 1.29 is 0 Å². The molecule has 0 aliphatic carbocycles. The van der Waals surface area contributed by atoms with E-state index in [0.29, 0.717) is 11.1 Å². The van der Waals surface area contributed by atoms with Crippen LogP contribution in [0.15, 0.2) is 0 Å². The highest BCUT2D eigenvalue weighted by Crippen LogP contribution is 2.34. The normalized spacial score (nSPS) is 26.6. The highest BCUT2D eigenvalue weighted by molar-refractivity contribution is 5.01. The maximum absolute atomic E-state index is 3.64. The summed E-state index contributed by atoms with van der Waals surface area (Å²) in [5.41, 5.74) is 0.971. The van der Waals surface area contributed by atoms with Crippen LogP contribution in [0.25, 0.3) is 0 Å². The summed E-state index contributed by atoms with van der Waals surface area (Å²) in [4.78, 5) is 2.70. The molecule has 2 heterocycles. The van der Waals surface area contributed by atoms with E-state index >= 15 is 0 Å². The third-order valence-electron chi connectivity index (χ3n) is 4.54. The number of nitrogens with one attached hydrogen (secondary N) is 1. The molecule has 0 unspecified atom stereocenters. The predicted molar refractivity (Wildman–Crippen MR) is 65.1 cm³/mol. The Kier molecular flexibility index (Phi) is 3.09. The summed E-state index contributed by atoms with van der Waals surface area (Å²) in [7, 11) is 0. The Bertz CT molecular complexity index is 209. The van der Waals surface area contributed by atoms with Gasteiger partial charge in [-0.15, -0.1) is 0 Å². The molecule has 2 rings (SSSR count). The zero-order chi connectivity index (χ0) is 10.9. The van der Waals surface area contributed by atoms with Crippen LogP contribution < -0.4 is 5.32 Å². The van der Waals surface area contributed by atoms with Crippen LogP contribution in [0.1, 0.15) is 52.9 Å². The SMILES string of the molecule is CCCC(C)(C)N1CCC2(CCN2)CC1. The van der Waals surface area contributed by atoms with Gasteiger partial charge >= 0.3 is 0 Å². The van der Waals surface area contributed by atoms with Gasteiger partial charge in [-0.25, -0.2) is 0 Å². The number of rotatable bonds is 3. The zero-order valence-electron chi connectivity index (χ0n) is 10.6. The average Bonchev–Trinajstić information content (AvgIpc) is 2.15. The third-order valence-corrected chi connectivity index (χ3v) is 4.54. The molecule has 2 heteroatoms. The molecule has 0 aromatic carbocycles. The van der Waals surface area contributed by atoms with E-state index in [-0.39, 0.29) is 0 Å². The van der Waals surface area contributed by atoms with Crippen molar-refractivity contribution in [1.29, 1.82) is 0 Å². The monoisotopic (exact) mass is 210 g/mol. The molecule has 0 amide bonds. The quantitative estimate of drug-likeness (QED) is 0.769. The van der Waals surface area contributed by atoms with Crippen LogP contribution in [0.5, 0.6) is 0 Å². The predicted octanol–water partition coefficient (Wildman–Crippen LogP) is 2.39. The highest BCUT2D eigenvalue weighted by Gasteiger charge is 2.41. The fraction of sp³-hybridized carbons (Fsp3) is 1.00. The van der Waals surface area contributed by atoms with Gasteiger partial charge in [0.25, 0.3) is 0 Å². The lowest BCUT2D eigenvalue weighted by molar-refractivity contribution is 0.0238. The Balaban J connectivity index is 1.86. The van der Waals surface area contributed by atoms with Crippen LogP contribution in [-0.2, 0) is 0 Å². The van der Waals surface area contributed by atoms with E-state index in [2.05, 4.69) is 31.0 Å². The lowest BCUT2D eigenvalue weighted by Gasteiger charge is -2.52. The van der Waals surface area contributed by atoms with Gasteiger partial charge in [0.05, 0.1) is 0 Å². The molecule has 0 saturated carbocycles. The molecule has 0 bridgehead atoms. The second-order valence-electron chi connectivity index (χ2n) is 6.01. The van der Waals surface area contributed by atoms with Crippen molar-refractivity contribution in [3.63, 3.8) is 0 Å². The Morgan fingerprint density at radius 3 is 2.20 bits per heavy atom. The van der Waals surface area contributed by atoms with Gasteiger partial charge in [-0.1, -0.05) is 13.3 Å². The van der Waals surface area contributed by atoms with Crippen LogP contribution >= 0.6 is 0 Å². The molecule has 1 N–H and O–H groups in total. The van der Waals surface area contributed by atoms with Gasteiger partial charge in [-0.3, -0.25) is 4.90 Å². The van der Waals surface area contributed by atoms with Crippen molar-refractivity contribution in [2.24, 2.45) is 0 Å². The molecule has 1 spiro atoms. The summed E-state index contributed by atoms with van der Waals surface area (Å²) < 4.78 is 0. The van der Waals surface area contributed by atoms with Crippen molar-refractivity contribution in [2.75, 3.05) is 19.6 Å². The minimum Gasteiger partial charge on any atom is -0.311 e. The van der Waals surface area contributed by atoms with Gasteiger partial charge < -0.3 is 5.32 Å². The first-order valence-electron chi connectivity index (χ1n) is 6.58. The highest BCUT2D eigenvalue weighted by atomic mass is 15.2. The first-order chi connectivity index (χ1) is 7.08. The first-order valence-corrected chi connectivity index (χ1v) is 6.58. The topological polar surface area (TPSA) is 15.3 Å². The molecule has 15 heavy (non-hydrogen) atoms. The van der Waals surface area contributed by atoms with Gasteiger partial charge in [-0.2, -0.15) is 0 Å². The molecule has 2 nitrogen and oxygen atoms in total. The molecular weight excluding hydrogens is 184 g/mol. The molecule has 0 radical (unpaired) electrons. The van der Waals surface area contributed by atoms with Crippen molar-refractivity contribution in [3.8, 4) is 0 Å². The van der Waals surface area contributed by atoms with E-state index in [1.54, 1.807) is 0 Å². The summed E-state index contributed by atoms with van der Waals surface area (Å²) >= 11 is 0. The van der Waals surface area contributed by atoms with E-state index in [4.69, 9.17) is 0 Å². The molecule has 2 fully saturated rings. The van der Waals surface area contributed by atoms with E-state index in [9.17, 15) is 0 Å². The van der Waals surface area contributed by atoms with Crippen molar-refractivity contribution in [1.82, 2.24) is 10.2 Å². The summed E-state index contributed by atoms with van der Waals surface area (Å²) in [6, 6.07) is 0. The smallest absolute Gasteiger partial charge is 0.0217 e. The molecule has 2 aliphatic heterocycles. The van der Waals surface area contributed by atoms with Crippen LogP contribution in [0.3, 0.4) is 0 Å². The summed E-state index contributed by atoms with van der Waals surface area (Å²) in [5.74, 6) is 0. The van der Waals surface area contributed by atoms with Crippen LogP contribution in [-0.4, -0.2) is 35.6 Å². The number of piperidine rings is 1. The van der Waals surface area contributed by atoms with Gasteiger partial charge in [0.15, 0.2) is 0 Å². The largest absolute Gasteiger partial charge is 0.311 e. The molecule has 0 atom stereocenters. The van der Waals surface area contributed by atoms with Crippen LogP contribution in [0.2, 0.25) is 0 Å². The van der Waals surface area contributed by atoms with E-state index < -0.39 is 0 Å². The van der Waals surface area contributed by atoms with Crippen LogP contribution in [0, 0.1) is 0 Å². The lowest BCUT2D eigenvalue weighted by atomic mass is 9.77. The van der Waals surface area contributed by atoms with Gasteiger partial charge in [-0.05, 0) is 46.1 Å². The average molecular weight is 210 g/mol. The van der Waals surface area contributed by atoms with Gasteiger partial charge in [0.1, 0.15) is 0 Å². The summed E-state index contributed by atoms with van der Waals surface area (Å²) in [5, 5.41) is 3.64. The van der Waals surface area contributed by atoms with E-state index in [0.717, 1.165) is 0 Å². The Morgan fingerprint density at radius 2 is 1.80 bits per heavy atom. The van der Waals surface area contributed by atoms with Crippen LogP contribution in [0.4, 0.5) is 0 Å². The van der Waals surface area contributed by atoms with Crippen molar-refractivity contribution in [3.05, 3.63) is 0 Å². The van der Waals surface area contributed by atoms with Crippen molar-refractivity contribution >= 4 is 0 Å². The van der Waals surface area contributed by atoms with E-state index in [1.165, 1.54) is 51.7 Å². The Hall–Kier alpha value is -0.0800. The summed E-state index contributed by atoms with van der Waals surface area (Å²) in [6.45, 7) is 10.9. The fourth-order valence-electron chi connectivity index (χ4n) is 3.22. The minimum absolute atomic E-state index is 0.417. The van der Waals surface area contributed by atoms with Gasteiger partial charge in [0, 0.05) is 24.2 Å².